The fourth-order valence-electron chi connectivity index (χ4n) is 3.11. The number of hydrogen-bond acceptors (Lipinski definition) is 4. The van der Waals surface area contributed by atoms with E-state index >= 15 is 0 Å². The first-order valence-electron chi connectivity index (χ1n) is 10.1. The van der Waals surface area contributed by atoms with E-state index in [0.717, 1.165) is 22.3 Å². The molecular formula is C26H25IO4S. The van der Waals surface area contributed by atoms with Gasteiger partial charge in [0.15, 0.2) is 6.10 Å². The topological polar surface area (TPSA) is 55.8 Å². The van der Waals surface area contributed by atoms with E-state index in [1.807, 2.05) is 13.0 Å². The Balaban J connectivity index is 1.78. The van der Waals surface area contributed by atoms with Gasteiger partial charge in [-0.15, -0.1) is 11.8 Å². The van der Waals surface area contributed by atoms with E-state index in [4.69, 9.17) is 14.6 Å². The number of halogens is 1. The van der Waals surface area contributed by atoms with Crippen LogP contribution in [0.2, 0.25) is 0 Å². The van der Waals surface area contributed by atoms with E-state index in [9.17, 15) is 4.79 Å². The molecule has 3 aromatic carbocycles. The van der Waals surface area contributed by atoms with Crippen LogP contribution in [-0.2, 0) is 4.79 Å². The Morgan fingerprint density at radius 2 is 1.69 bits per heavy atom. The summed E-state index contributed by atoms with van der Waals surface area (Å²) < 4.78 is 12.7. The molecule has 0 bridgehead atoms. The van der Waals surface area contributed by atoms with Gasteiger partial charge in [0, 0.05) is 8.47 Å². The second kappa shape index (κ2) is 11.4. The minimum Gasteiger partial charge on any atom is -0.489 e. The first kappa shape index (κ1) is 24.2. The summed E-state index contributed by atoms with van der Waals surface area (Å²) in [5, 5.41) is 9.03. The maximum absolute atomic E-state index is 11.0. The molecule has 0 heterocycles. The van der Waals surface area contributed by atoms with E-state index in [2.05, 4.69) is 83.5 Å². The molecule has 0 aromatic heterocycles. The highest BCUT2D eigenvalue weighted by Crippen LogP contribution is 2.28. The number of carbonyl (C=O) groups is 1. The molecule has 1 unspecified atom stereocenters. The number of aliphatic carboxylic acids is 1. The van der Waals surface area contributed by atoms with Crippen LogP contribution in [0.4, 0.5) is 0 Å². The van der Waals surface area contributed by atoms with Crippen molar-refractivity contribution in [3.63, 3.8) is 0 Å². The highest BCUT2D eigenvalue weighted by Gasteiger charge is 2.14. The molecule has 0 aliphatic carbocycles. The van der Waals surface area contributed by atoms with E-state index < -0.39 is 12.1 Å². The van der Waals surface area contributed by atoms with Crippen molar-refractivity contribution < 1.29 is 19.4 Å². The maximum atomic E-state index is 11.0. The van der Waals surface area contributed by atoms with Crippen LogP contribution in [0.5, 0.6) is 11.5 Å². The third-order valence-corrected chi connectivity index (χ3v) is 6.35. The number of hydrogen-bond donors (Lipinski definition) is 1. The van der Waals surface area contributed by atoms with Gasteiger partial charge < -0.3 is 14.6 Å². The average molecular weight is 560 g/mol. The molecule has 1 N–H and O–H groups in total. The van der Waals surface area contributed by atoms with Crippen LogP contribution in [0.15, 0.2) is 77.7 Å². The van der Waals surface area contributed by atoms with Gasteiger partial charge in [-0.25, -0.2) is 4.79 Å². The van der Waals surface area contributed by atoms with E-state index in [0.29, 0.717) is 18.1 Å². The Hall–Kier alpha value is -2.45. The molecule has 0 aliphatic rings. The van der Waals surface area contributed by atoms with Gasteiger partial charge in [-0.2, -0.15) is 0 Å². The second-order valence-corrected chi connectivity index (χ2v) is 9.32. The van der Waals surface area contributed by atoms with Crippen molar-refractivity contribution in [3.8, 4) is 11.5 Å². The lowest BCUT2D eigenvalue weighted by Crippen LogP contribution is -2.23. The van der Waals surface area contributed by atoms with Crippen molar-refractivity contribution in [2.24, 2.45) is 0 Å². The van der Waals surface area contributed by atoms with Crippen LogP contribution in [0.1, 0.15) is 23.6 Å². The Morgan fingerprint density at radius 3 is 2.25 bits per heavy atom. The van der Waals surface area contributed by atoms with Crippen LogP contribution < -0.4 is 9.47 Å². The van der Waals surface area contributed by atoms with Crippen molar-refractivity contribution in [2.45, 2.75) is 24.8 Å². The molecule has 0 saturated heterocycles. The Labute approximate surface area is 206 Å². The second-order valence-electron chi connectivity index (χ2n) is 7.19. The predicted molar refractivity (Wildman–Crippen MR) is 139 cm³/mol. The molecule has 0 fully saturated rings. The van der Waals surface area contributed by atoms with Gasteiger partial charge in [-0.05, 0) is 113 Å². The van der Waals surface area contributed by atoms with Crippen LogP contribution in [0, 0.1) is 10.5 Å². The molecule has 32 heavy (non-hydrogen) atoms. The Kier molecular flexibility index (Phi) is 8.64. The standard InChI is InChI=1S/C26H25IO4S/c1-17-16-22(10-13-25(17)31-18(2)26(28)29)30-15-14-24(19-4-8-21(27)9-5-19)20-6-11-23(32-3)12-7-20/h4-14,16,18H,15H2,1-3H3,(H,28,29)/b24-14+. The van der Waals surface area contributed by atoms with E-state index in [1.54, 1.807) is 23.9 Å². The predicted octanol–water partition coefficient (Wildman–Crippen LogP) is 6.68. The quantitative estimate of drug-likeness (QED) is 0.234. The largest absolute Gasteiger partial charge is 0.489 e. The number of carboxylic acid groups (broad SMARTS) is 1. The Morgan fingerprint density at radius 1 is 1.06 bits per heavy atom. The SMILES string of the molecule is CSc1ccc(/C(=C/COc2ccc(OC(C)C(=O)O)c(C)c2)c2ccc(I)cc2)cc1. The summed E-state index contributed by atoms with van der Waals surface area (Å²) >= 11 is 4.03. The minimum atomic E-state index is -0.997. The molecule has 4 nitrogen and oxygen atoms in total. The summed E-state index contributed by atoms with van der Waals surface area (Å²) in [6.45, 7) is 3.78. The normalized spacial score (nSPS) is 12.3. The zero-order valence-electron chi connectivity index (χ0n) is 18.2. The van der Waals surface area contributed by atoms with Gasteiger partial charge in [0.25, 0.3) is 0 Å². The molecule has 3 rings (SSSR count). The average Bonchev–Trinajstić information content (AvgIpc) is 2.79. The Bertz CT molecular complexity index is 1090. The maximum Gasteiger partial charge on any atom is 0.344 e. The number of thioether (sulfide) groups is 1. The van der Waals surface area contributed by atoms with Gasteiger partial charge in [-0.3, -0.25) is 0 Å². The molecule has 0 aliphatic heterocycles. The number of aryl methyl sites for hydroxylation is 1. The lowest BCUT2D eigenvalue weighted by Gasteiger charge is -2.14. The molecule has 0 spiro atoms. The number of benzene rings is 3. The van der Waals surface area contributed by atoms with Gasteiger partial charge in [0.2, 0.25) is 0 Å². The highest BCUT2D eigenvalue weighted by atomic mass is 127. The molecule has 6 heteroatoms. The number of carboxylic acids is 1. The van der Waals surface area contributed by atoms with Gasteiger partial charge in [0.05, 0.1) is 0 Å². The summed E-state index contributed by atoms with van der Waals surface area (Å²) in [5.41, 5.74) is 4.20. The first-order chi connectivity index (χ1) is 15.4. The summed E-state index contributed by atoms with van der Waals surface area (Å²) in [4.78, 5) is 12.2. The lowest BCUT2D eigenvalue weighted by molar-refractivity contribution is -0.144. The summed E-state index contributed by atoms with van der Waals surface area (Å²) in [6.07, 6.45) is 3.25. The highest BCUT2D eigenvalue weighted by molar-refractivity contribution is 14.1. The van der Waals surface area contributed by atoms with Crippen LogP contribution in [-0.4, -0.2) is 30.0 Å². The molecule has 3 aromatic rings. The summed E-state index contributed by atoms with van der Waals surface area (Å²) in [7, 11) is 0. The molecule has 0 radical (unpaired) electrons. The molecular weight excluding hydrogens is 535 g/mol. The fourth-order valence-corrected chi connectivity index (χ4v) is 3.88. The smallest absolute Gasteiger partial charge is 0.344 e. The summed E-state index contributed by atoms with van der Waals surface area (Å²) in [6, 6.07) is 22.4. The zero-order chi connectivity index (χ0) is 23.1. The van der Waals surface area contributed by atoms with E-state index in [-0.39, 0.29) is 0 Å². The monoisotopic (exact) mass is 560 g/mol. The number of ether oxygens (including phenoxy) is 2. The zero-order valence-corrected chi connectivity index (χ0v) is 21.1. The van der Waals surface area contributed by atoms with Crippen LogP contribution in [0.25, 0.3) is 5.57 Å². The van der Waals surface area contributed by atoms with Crippen molar-refractivity contribution >= 4 is 45.9 Å². The summed E-state index contributed by atoms with van der Waals surface area (Å²) in [5.74, 6) is 0.244. The van der Waals surface area contributed by atoms with Crippen molar-refractivity contribution in [2.75, 3.05) is 12.9 Å². The molecule has 166 valence electrons. The van der Waals surface area contributed by atoms with E-state index in [1.165, 1.54) is 15.4 Å². The van der Waals surface area contributed by atoms with Crippen molar-refractivity contribution in [3.05, 3.63) is 93.1 Å². The van der Waals surface area contributed by atoms with Gasteiger partial charge in [0.1, 0.15) is 18.1 Å². The minimum absolute atomic E-state index is 0.400. The van der Waals surface area contributed by atoms with Crippen LogP contribution in [0.3, 0.4) is 0 Å². The molecule has 0 amide bonds. The molecule has 0 saturated carbocycles. The van der Waals surface area contributed by atoms with Gasteiger partial charge >= 0.3 is 5.97 Å². The third kappa shape index (κ3) is 6.53. The van der Waals surface area contributed by atoms with Crippen LogP contribution >= 0.6 is 34.4 Å². The third-order valence-electron chi connectivity index (χ3n) is 4.89. The number of rotatable bonds is 9. The lowest BCUT2D eigenvalue weighted by atomic mass is 9.98. The molecule has 1 atom stereocenters. The van der Waals surface area contributed by atoms with Crippen molar-refractivity contribution in [1.29, 1.82) is 0 Å². The first-order valence-corrected chi connectivity index (χ1v) is 12.4. The van der Waals surface area contributed by atoms with Gasteiger partial charge in [-0.1, -0.05) is 24.3 Å². The van der Waals surface area contributed by atoms with Crippen molar-refractivity contribution in [1.82, 2.24) is 0 Å². The fraction of sp³-hybridized carbons (Fsp3) is 0.192.